The Hall–Kier alpha value is -0.830. The summed E-state index contributed by atoms with van der Waals surface area (Å²) in [4.78, 5) is 7.11. The van der Waals surface area contributed by atoms with Crippen LogP contribution >= 0.6 is 0 Å². The minimum atomic E-state index is 0.436. The Morgan fingerprint density at radius 1 is 1.62 bits per heavy atom. The van der Waals surface area contributed by atoms with Gasteiger partial charge >= 0.3 is 0 Å². The molecule has 3 nitrogen and oxygen atoms in total. The summed E-state index contributed by atoms with van der Waals surface area (Å²) in [7, 11) is 0. The minimum absolute atomic E-state index is 0.436. The molecule has 0 aliphatic heterocycles. The van der Waals surface area contributed by atoms with E-state index in [1.807, 2.05) is 6.20 Å². The van der Waals surface area contributed by atoms with Gasteiger partial charge in [-0.1, -0.05) is 6.92 Å². The molecule has 1 fully saturated rings. The molecule has 0 saturated heterocycles. The second-order valence-electron chi connectivity index (χ2n) is 3.92. The summed E-state index contributed by atoms with van der Waals surface area (Å²) in [6.07, 6.45) is 8.89. The number of H-pyrrole nitrogens is 1. The van der Waals surface area contributed by atoms with E-state index in [0.717, 1.165) is 6.54 Å². The lowest BCUT2D eigenvalue weighted by molar-refractivity contribution is 0.175. The third kappa shape index (κ3) is 1.75. The topological polar surface area (TPSA) is 40.7 Å². The highest BCUT2D eigenvalue weighted by Crippen LogP contribution is 2.34. The lowest BCUT2D eigenvalue weighted by Crippen LogP contribution is -2.49. The summed E-state index contributed by atoms with van der Waals surface area (Å²) in [5.74, 6) is 0. The molecule has 0 radical (unpaired) electrons. The number of hydrogen-bond donors (Lipinski definition) is 2. The molecular formula is C10H17N3. The monoisotopic (exact) mass is 179 g/mol. The molecule has 1 aliphatic carbocycles. The highest BCUT2D eigenvalue weighted by Gasteiger charge is 2.34. The Labute approximate surface area is 79.0 Å². The Morgan fingerprint density at radius 3 is 2.92 bits per heavy atom. The van der Waals surface area contributed by atoms with Crippen LogP contribution in [0.5, 0.6) is 0 Å². The maximum Gasteiger partial charge on any atom is 0.0922 e. The van der Waals surface area contributed by atoms with Crippen molar-refractivity contribution >= 4 is 0 Å². The molecule has 13 heavy (non-hydrogen) atoms. The minimum Gasteiger partial charge on any atom is -0.347 e. The number of hydrogen-bond acceptors (Lipinski definition) is 2. The number of aromatic nitrogens is 2. The van der Waals surface area contributed by atoms with E-state index >= 15 is 0 Å². The van der Waals surface area contributed by atoms with Crippen molar-refractivity contribution in [2.45, 2.75) is 44.7 Å². The lowest BCUT2D eigenvalue weighted by Gasteiger charge is -2.42. The second kappa shape index (κ2) is 3.50. The largest absolute Gasteiger partial charge is 0.347 e. The molecule has 1 aliphatic rings. The summed E-state index contributed by atoms with van der Waals surface area (Å²) in [6, 6.07) is 0. The summed E-state index contributed by atoms with van der Waals surface area (Å²) in [6.45, 7) is 3.19. The first kappa shape index (κ1) is 8.75. The van der Waals surface area contributed by atoms with Crippen molar-refractivity contribution in [3.05, 3.63) is 18.2 Å². The zero-order valence-corrected chi connectivity index (χ0v) is 8.14. The van der Waals surface area contributed by atoms with E-state index in [9.17, 15) is 0 Å². The molecule has 72 valence electrons. The number of nitrogens with one attached hydrogen (secondary N) is 2. The Bertz CT molecular complexity index is 244. The molecule has 0 amide bonds. The lowest BCUT2D eigenvalue weighted by atomic mass is 9.75. The number of aromatic amines is 1. The van der Waals surface area contributed by atoms with Gasteiger partial charge in [0.25, 0.3) is 0 Å². The zero-order chi connectivity index (χ0) is 9.15. The molecule has 1 heterocycles. The fourth-order valence-corrected chi connectivity index (χ4v) is 1.92. The van der Waals surface area contributed by atoms with E-state index in [1.54, 1.807) is 6.33 Å². The highest BCUT2D eigenvalue weighted by molar-refractivity contribution is 4.99. The molecule has 2 N–H and O–H groups in total. The van der Waals surface area contributed by atoms with Crippen LogP contribution in [0, 0.1) is 0 Å². The van der Waals surface area contributed by atoms with Crippen LogP contribution in [0.4, 0.5) is 0 Å². The smallest absolute Gasteiger partial charge is 0.0922 e. The van der Waals surface area contributed by atoms with Gasteiger partial charge in [0.05, 0.1) is 6.33 Å². The standard InChI is InChI=1S/C10H17N3/c1-2-10(4-3-5-10)13-7-9-6-11-8-12-9/h6,8,13H,2-5,7H2,1H3,(H,11,12). The molecule has 1 saturated carbocycles. The van der Waals surface area contributed by atoms with Crippen molar-refractivity contribution in [1.29, 1.82) is 0 Å². The third-order valence-corrected chi connectivity index (χ3v) is 3.20. The van der Waals surface area contributed by atoms with Crippen molar-refractivity contribution in [1.82, 2.24) is 15.3 Å². The average molecular weight is 179 g/mol. The first-order valence-electron chi connectivity index (χ1n) is 5.07. The summed E-state index contributed by atoms with van der Waals surface area (Å²) in [5, 5.41) is 3.61. The number of nitrogens with zero attached hydrogens (tertiary/aromatic N) is 1. The maximum absolute atomic E-state index is 4.00. The van der Waals surface area contributed by atoms with Gasteiger partial charge in [-0.25, -0.2) is 4.98 Å². The number of rotatable bonds is 4. The first-order valence-corrected chi connectivity index (χ1v) is 5.07. The molecule has 1 aromatic rings. The normalized spacial score (nSPS) is 19.8. The van der Waals surface area contributed by atoms with Gasteiger partial charge < -0.3 is 10.3 Å². The molecule has 0 atom stereocenters. The van der Waals surface area contributed by atoms with Crippen molar-refractivity contribution in [3.63, 3.8) is 0 Å². The van der Waals surface area contributed by atoms with Gasteiger partial charge in [0.15, 0.2) is 0 Å². The van der Waals surface area contributed by atoms with Gasteiger partial charge in [-0.2, -0.15) is 0 Å². The van der Waals surface area contributed by atoms with Crippen molar-refractivity contribution in [2.75, 3.05) is 0 Å². The third-order valence-electron chi connectivity index (χ3n) is 3.20. The maximum atomic E-state index is 4.00. The quantitative estimate of drug-likeness (QED) is 0.740. The molecule has 3 heteroatoms. The van der Waals surface area contributed by atoms with Crippen molar-refractivity contribution in [2.24, 2.45) is 0 Å². The van der Waals surface area contributed by atoms with Crippen LogP contribution in [-0.4, -0.2) is 15.5 Å². The van der Waals surface area contributed by atoms with Gasteiger partial charge in [0.2, 0.25) is 0 Å². The molecule has 2 rings (SSSR count). The molecule has 0 spiro atoms. The van der Waals surface area contributed by atoms with Crippen LogP contribution in [0.2, 0.25) is 0 Å². The molecule has 0 bridgehead atoms. The summed E-state index contributed by atoms with van der Waals surface area (Å²) >= 11 is 0. The van der Waals surface area contributed by atoms with Crippen LogP contribution < -0.4 is 5.32 Å². The van der Waals surface area contributed by atoms with Crippen molar-refractivity contribution < 1.29 is 0 Å². The Morgan fingerprint density at radius 2 is 2.46 bits per heavy atom. The fourth-order valence-electron chi connectivity index (χ4n) is 1.92. The fraction of sp³-hybridized carbons (Fsp3) is 0.700. The van der Waals surface area contributed by atoms with Crippen LogP contribution in [0.3, 0.4) is 0 Å². The van der Waals surface area contributed by atoms with Gasteiger partial charge in [-0.15, -0.1) is 0 Å². The second-order valence-corrected chi connectivity index (χ2v) is 3.92. The predicted molar refractivity (Wildman–Crippen MR) is 52.3 cm³/mol. The van der Waals surface area contributed by atoms with E-state index < -0.39 is 0 Å². The zero-order valence-electron chi connectivity index (χ0n) is 8.14. The Kier molecular flexibility index (Phi) is 2.36. The molecule has 0 aromatic carbocycles. The van der Waals surface area contributed by atoms with Crippen LogP contribution in [-0.2, 0) is 6.54 Å². The van der Waals surface area contributed by atoms with Crippen LogP contribution in [0.25, 0.3) is 0 Å². The average Bonchev–Trinajstić information content (AvgIpc) is 2.56. The summed E-state index contributed by atoms with van der Waals surface area (Å²) < 4.78 is 0. The van der Waals surface area contributed by atoms with Gasteiger partial charge in [0.1, 0.15) is 0 Å². The van der Waals surface area contributed by atoms with Gasteiger partial charge in [0, 0.05) is 24.0 Å². The van der Waals surface area contributed by atoms with Gasteiger partial charge in [-0.3, -0.25) is 0 Å². The summed E-state index contributed by atoms with van der Waals surface area (Å²) in [5.41, 5.74) is 1.62. The number of imidazole rings is 1. The van der Waals surface area contributed by atoms with Crippen LogP contribution in [0.1, 0.15) is 38.3 Å². The van der Waals surface area contributed by atoms with E-state index in [2.05, 4.69) is 22.2 Å². The molecular weight excluding hydrogens is 162 g/mol. The van der Waals surface area contributed by atoms with Crippen LogP contribution in [0.15, 0.2) is 12.5 Å². The van der Waals surface area contributed by atoms with E-state index in [0.29, 0.717) is 5.54 Å². The van der Waals surface area contributed by atoms with Crippen molar-refractivity contribution in [3.8, 4) is 0 Å². The first-order chi connectivity index (χ1) is 6.35. The Balaban J connectivity index is 1.84. The van der Waals surface area contributed by atoms with E-state index in [4.69, 9.17) is 0 Å². The van der Waals surface area contributed by atoms with Gasteiger partial charge in [-0.05, 0) is 25.7 Å². The molecule has 0 unspecified atom stereocenters. The highest BCUT2D eigenvalue weighted by atomic mass is 15.0. The molecule has 1 aromatic heterocycles. The van der Waals surface area contributed by atoms with E-state index in [1.165, 1.54) is 31.4 Å². The SMILES string of the molecule is CCC1(NCc2cnc[nH]2)CCC1. The van der Waals surface area contributed by atoms with E-state index in [-0.39, 0.29) is 0 Å². The predicted octanol–water partition coefficient (Wildman–Crippen LogP) is 1.83.